The lowest BCUT2D eigenvalue weighted by atomic mass is 10.0. The first kappa shape index (κ1) is 14.4. The highest BCUT2D eigenvalue weighted by Crippen LogP contribution is 2.17. The lowest BCUT2D eigenvalue weighted by molar-refractivity contribution is 0.156. The molecule has 1 aromatic carbocycles. The van der Waals surface area contributed by atoms with Crippen LogP contribution in [0.25, 0.3) is 0 Å². The predicted molar refractivity (Wildman–Crippen MR) is 81.8 cm³/mol. The van der Waals surface area contributed by atoms with Gasteiger partial charge in [0.2, 0.25) is 0 Å². The molecule has 1 aromatic rings. The van der Waals surface area contributed by atoms with Crippen molar-refractivity contribution in [3.05, 3.63) is 30.3 Å². The number of unbranched alkanes of at least 4 members (excludes halogenated alkanes) is 2. The molecule has 1 aliphatic heterocycles. The molecule has 0 spiro atoms. The summed E-state index contributed by atoms with van der Waals surface area (Å²) < 4.78 is 5.71. The summed E-state index contributed by atoms with van der Waals surface area (Å²) in [7, 11) is 0. The maximum atomic E-state index is 5.71. The fraction of sp³-hybridized carbons (Fsp3) is 0.647. The molecule has 0 bridgehead atoms. The zero-order valence-corrected chi connectivity index (χ0v) is 12.2. The molecule has 1 heterocycles. The summed E-state index contributed by atoms with van der Waals surface area (Å²) in [5.74, 6) is 0.993. The van der Waals surface area contributed by atoms with Crippen molar-refractivity contribution in [3.63, 3.8) is 0 Å². The van der Waals surface area contributed by atoms with Gasteiger partial charge in [-0.2, -0.15) is 0 Å². The molecule has 106 valence electrons. The summed E-state index contributed by atoms with van der Waals surface area (Å²) in [6.45, 7) is 5.80. The van der Waals surface area contributed by atoms with Crippen LogP contribution in [0.3, 0.4) is 0 Å². The average Bonchev–Trinajstić information content (AvgIpc) is 2.45. The van der Waals surface area contributed by atoms with E-state index in [4.69, 9.17) is 4.74 Å². The molecule has 1 unspecified atom stereocenters. The van der Waals surface area contributed by atoms with Crippen LogP contribution in [0.2, 0.25) is 0 Å². The van der Waals surface area contributed by atoms with Crippen LogP contribution in [0.1, 0.15) is 46.9 Å². The number of rotatable bonds is 7. The van der Waals surface area contributed by atoms with Crippen LogP contribution in [0.15, 0.2) is 30.3 Å². The predicted octanol–water partition coefficient (Wildman–Crippen LogP) is 4.22. The molecule has 2 heteroatoms. The minimum absolute atomic E-state index is 0. The van der Waals surface area contributed by atoms with E-state index in [-0.39, 0.29) is 1.43 Å². The van der Waals surface area contributed by atoms with Gasteiger partial charge in [-0.05, 0) is 64.3 Å². The SMILES string of the molecule is CC1CCCCN1CCCCCOc1ccccc1.[H+]. The van der Waals surface area contributed by atoms with E-state index in [1.807, 2.05) is 30.3 Å². The van der Waals surface area contributed by atoms with Crippen LogP contribution in [-0.2, 0) is 0 Å². The Kier molecular flexibility index (Phi) is 6.22. The van der Waals surface area contributed by atoms with Crippen molar-refractivity contribution >= 4 is 0 Å². The minimum Gasteiger partial charge on any atom is -0.494 e. The molecule has 0 radical (unpaired) electrons. The molecule has 1 fully saturated rings. The molecule has 2 nitrogen and oxygen atoms in total. The lowest BCUT2D eigenvalue weighted by Gasteiger charge is -2.33. The van der Waals surface area contributed by atoms with Crippen molar-refractivity contribution < 1.29 is 6.16 Å². The first-order valence-corrected chi connectivity index (χ1v) is 7.78. The first-order valence-electron chi connectivity index (χ1n) is 7.78. The fourth-order valence-electron chi connectivity index (χ4n) is 2.79. The van der Waals surface area contributed by atoms with Gasteiger partial charge in [0.05, 0.1) is 6.61 Å². The van der Waals surface area contributed by atoms with E-state index in [2.05, 4.69) is 11.8 Å². The van der Waals surface area contributed by atoms with Gasteiger partial charge in [0.25, 0.3) is 0 Å². The summed E-state index contributed by atoms with van der Waals surface area (Å²) in [6, 6.07) is 10.9. The molecule has 0 aromatic heterocycles. The van der Waals surface area contributed by atoms with E-state index in [9.17, 15) is 0 Å². The Hall–Kier alpha value is -1.02. The zero-order chi connectivity index (χ0) is 13.3. The van der Waals surface area contributed by atoms with Crippen molar-refractivity contribution in [2.24, 2.45) is 0 Å². The second kappa shape index (κ2) is 8.21. The number of ether oxygens (including phenoxy) is 1. The molecule has 1 aliphatic rings. The highest BCUT2D eigenvalue weighted by Gasteiger charge is 2.16. The van der Waals surface area contributed by atoms with E-state index in [1.54, 1.807) is 0 Å². The topological polar surface area (TPSA) is 12.5 Å². The molecule has 19 heavy (non-hydrogen) atoms. The number of nitrogens with zero attached hydrogens (tertiary/aromatic N) is 1. The highest BCUT2D eigenvalue weighted by atomic mass is 16.5. The van der Waals surface area contributed by atoms with Crippen LogP contribution in [-0.4, -0.2) is 30.6 Å². The number of hydrogen-bond acceptors (Lipinski definition) is 2. The lowest BCUT2D eigenvalue weighted by Crippen LogP contribution is -2.37. The second-order valence-electron chi connectivity index (χ2n) is 5.60. The Labute approximate surface area is 119 Å². The number of para-hydroxylation sites is 1. The van der Waals surface area contributed by atoms with Crippen molar-refractivity contribution in [2.75, 3.05) is 19.7 Å². The van der Waals surface area contributed by atoms with Gasteiger partial charge in [0.15, 0.2) is 0 Å². The van der Waals surface area contributed by atoms with Crippen LogP contribution in [0, 0.1) is 0 Å². The molecule has 2 rings (SSSR count). The standard InChI is InChI=1S/C17H27NO/c1-16-10-6-8-14-18(16)13-7-3-9-15-19-17-11-4-2-5-12-17/h2,4-5,11-12,16H,3,6-10,13-15H2,1H3/p+1. The second-order valence-corrected chi connectivity index (χ2v) is 5.60. The number of benzene rings is 1. The van der Waals surface area contributed by atoms with Crippen molar-refractivity contribution in [1.29, 1.82) is 0 Å². The number of hydrogen-bond donors (Lipinski definition) is 0. The molecule has 0 N–H and O–H groups in total. The van der Waals surface area contributed by atoms with E-state index < -0.39 is 0 Å². The van der Waals surface area contributed by atoms with Gasteiger partial charge in [-0.1, -0.05) is 24.6 Å². The van der Waals surface area contributed by atoms with E-state index in [0.29, 0.717) is 0 Å². The quantitative estimate of drug-likeness (QED) is 0.682. The van der Waals surface area contributed by atoms with Crippen LogP contribution >= 0.6 is 0 Å². The third kappa shape index (κ3) is 5.23. The average molecular weight is 262 g/mol. The minimum atomic E-state index is 0. The van der Waals surface area contributed by atoms with Gasteiger partial charge < -0.3 is 9.64 Å². The van der Waals surface area contributed by atoms with Crippen LogP contribution in [0.5, 0.6) is 5.75 Å². The Morgan fingerprint density at radius 3 is 2.79 bits per heavy atom. The molecular formula is C17H28NO+. The van der Waals surface area contributed by atoms with Crippen molar-refractivity contribution in [2.45, 2.75) is 51.5 Å². The Morgan fingerprint density at radius 2 is 2.00 bits per heavy atom. The monoisotopic (exact) mass is 262 g/mol. The molecule has 0 aliphatic carbocycles. The van der Waals surface area contributed by atoms with Crippen LogP contribution < -0.4 is 4.74 Å². The van der Waals surface area contributed by atoms with Gasteiger partial charge in [-0.3, -0.25) is 0 Å². The van der Waals surface area contributed by atoms with E-state index in [0.717, 1.165) is 24.8 Å². The van der Waals surface area contributed by atoms with Gasteiger partial charge in [0, 0.05) is 6.04 Å². The van der Waals surface area contributed by atoms with Gasteiger partial charge in [-0.15, -0.1) is 0 Å². The van der Waals surface area contributed by atoms with E-state index >= 15 is 0 Å². The number of likely N-dealkylation sites (tertiary alicyclic amines) is 1. The smallest absolute Gasteiger partial charge is 0.494 e. The third-order valence-corrected chi connectivity index (χ3v) is 4.04. The van der Waals surface area contributed by atoms with Gasteiger partial charge >= 0.3 is 1.43 Å². The van der Waals surface area contributed by atoms with Gasteiger partial charge in [-0.25, -0.2) is 0 Å². The van der Waals surface area contributed by atoms with Crippen molar-refractivity contribution in [1.82, 2.24) is 4.90 Å². The maximum Gasteiger partial charge on any atom is 1.00 e. The highest BCUT2D eigenvalue weighted by molar-refractivity contribution is 5.20. The largest absolute Gasteiger partial charge is 1.00 e. The van der Waals surface area contributed by atoms with E-state index in [1.165, 1.54) is 45.2 Å². The Bertz CT molecular complexity index is 344. The molecule has 0 amide bonds. The number of piperidine rings is 1. The normalized spacial score (nSPS) is 20.4. The molecule has 0 saturated carbocycles. The summed E-state index contributed by atoms with van der Waals surface area (Å²) >= 11 is 0. The Morgan fingerprint density at radius 1 is 1.16 bits per heavy atom. The maximum absolute atomic E-state index is 5.71. The summed E-state index contributed by atoms with van der Waals surface area (Å²) in [5.41, 5.74) is 0. The third-order valence-electron chi connectivity index (χ3n) is 4.04. The molecule has 1 atom stereocenters. The molecular weight excluding hydrogens is 234 g/mol. The summed E-state index contributed by atoms with van der Waals surface area (Å²) in [6.07, 6.45) is 7.94. The summed E-state index contributed by atoms with van der Waals surface area (Å²) in [4.78, 5) is 2.65. The Balaban J connectivity index is 0.00000200. The van der Waals surface area contributed by atoms with Crippen LogP contribution in [0.4, 0.5) is 0 Å². The molecule has 1 saturated heterocycles. The van der Waals surface area contributed by atoms with Gasteiger partial charge in [0.1, 0.15) is 5.75 Å². The fourth-order valence-corrected chi connectivity index (χ4v) is 2.79. The van der Waals surface area contributed by atoms with Crippen molar-refractivity contribution in [3.8, 4) is 5.75 Å². The summed E-state index contributed by atoms with van der Waals surface area (Å²) in [5, 5.41) is 0. The first-order chi connectivity index (χ1) is 9.36. The zero-order valence-electron chi connectivity index (χ0n) is 13.2.